The maximum atomic E-state index is 9.46. The number of fused-ring (bicyclic) bond motifs is 1. The molecule has 100 valence electrons. The molecule has 1 aromatic rings. The summed E-state index contributed by atoms with van der Waals surface area (Å²) in [6, 6.07) is 2.42. The summed E-state index contributed by atoms with van der Waals surface area (Å²) in [5.74, 6) is 1.30. The first-order chi connectivity index (χ1) is 9.35. The minimum absolute atomic E-state index is 0.894. The lowest BCUT2D eigenvalue weighted by Gasteiger charge is -2.21. The summed E-state index contributed by atoms with van der Waals surface area (Å²) in [7, 11) is 0. The van der Waals surface area contributed by atoms with E-state index in [1.54, 1.807) is 11.8 Å². The van der Waals surface area contributed by atoms with Crippen LogP contribution in [0, 0.1) is 11.3 Å². The van der Waals surface area contributed by atoms with E-state index in [2.05, 4.69) is 22.2 Å². The summed E-state index contributed by atoms with van der Waals surface area (Å²) in [5.41, 5.74) is 3.63. The second-order valence-electron chi connectivity index (χ2n) is 5.35. The number of aromatic amines is 1. The van der Waals surface area contributed by atoms with Crippen molar-refractivity contribution in [2.75, 3.05) is 24.2 Å². The van der Waals surface area contributed by atoms with E-state index < -0.39 is 0 Å². The van der Waals surface area contributed by atoms with Gasteiger partial charge in [0.25, 0.3) is 5.82 Å². The van der Waals surface area contributed by atoms with E-state index in [4.69, 9.17) is 0 Å². The van der Waals surface area contributed by atoms with E-state index in [0.29, 0.717) is 0 Å². The zero-order valence-corrected chi connectivity index (χ0v) is 12.3. The van der Waals surface area contributed by atoms with Gasteiger partial charge in [0.05, 0.1) is 13.1 Å². The second-order valence-corrected chi connectivity index (χ2v) is 6.17. The van der Waals surface area contributed by atoms with Gasteiger partial charge >= 0.3 is 0 Å². The van der Waals surface area contributed by atoms with Crippen LogP contribution in [0.25, 0.3) is 0 Å². The molecule has 0 bridgehead atoms. The quantitative estimate of drug-likeness (QED) is 0.778. The molecule has 0 atom stereocenters. The highest BCUT2D eigenvalue weighted by atomic mass is 32.2. The molecule has 1 N–H and O–H groups in total. The standard InChI is InChI=1S/C15H19N3S/c1-19-15-13(10-16)11-6-2-3-7-12(11)14(17-15)18-8-4-5-9-18/h2-9H2,1H3/p+1. The van der Waals surface area contributed by atoms with Crippen LogP contribution < -0.4 is 9.88 Å². The fraction of sp³-hybridized carbons (Fsp3) is 0.600. The Hall–Kier alpha value is -1.21. The van der Waals surface area contributed by atoms with Crippen LogP contribution in [0.15, 0.2) is 5.03 Å². The van der Waals surface area contributed by atoms with Crippen molar-refractivity contribution in [3.05, 3.63) is 16.7 Å². The predicted octanol–water partition coefficient (Wildman–Crippen LogP) is 2.57. The number of aromatic nitrogens is 1. The van der Waals surface area contributed by atoms with Gasteiger partial charge in [-0.2, -0.15) is 5.26 Å². The van der Waals surface area contributed by atoms with Gasteiger partial charge in [-0.25, -0.2) is 4.98 Å². The monoisotopic (exact) mass is 274 g/mol. The van der Waals surface area contributed by atoms with Crippen LogP contribution in [-0.2, 0) is 12.8 Å². The third-order valence-electron chi connectivity index (χ3n) is 4.25. The zero-order valence-electron chi connectivity index (χ0n) is 11.5. The van der Waals surface area contributed by atoms with Gasteiger partial charge in [0.2, 0.25) is 0 Å². The fourth-order valence-corrected chi connectivity index (χ4v) is 3.88. The largest absolute Gasteiger partial charge is 0.278 e. The Morgan fingerprint density at radius 1 is 1.11 bits per heavy atom. The molecule has 2 heterocycles. The van der Waals surface area contributed by atoms with Crippen molar-refractivity contribution < 1.29 is 4.98 Å². The molecule has 19 heavy (non-hydrogen) atoms. The van der Waals surface area contributed by atoms with Gasteiger partial charge in [-0.05, 0) is 50.3 Å². The molecule has 1 aromatic heterocycles. The molecule has 0 amide bonds. The van der Waals surface area contributed by atoms with E-state index in [1.165, 1.54) is 42.6 Å². The van der Waals surface area contributed by atoms with Crippen LogP contribution in [0.3, 0.4) is 0 Å². The molecule has 3 nitrogen and oxygen atoms in total. The SMILES string of the molecule is CSc1[nH+]c(N2CCCC2)c2c(c1C#N)CCCC2. The van der Waals surface area contributed by atoms with Crippen molar-refractivity contribution in [3.63, 3.8) is 0 Å². The number of hydrogen-bond donors (Lipinski definition) is 0. The number of thioether (sulfide) groups is 1. The number of anilines is 1. The van der Waals surface area contributed by atoms with Crippen LogP contribution in [0.4, 0.5) is 5.82 Å². The van der Waals surface area contributed by atoms with E-state index in [9.17, 15) is 5.26 Å². The molecule has 1 aliphatic heterocycles. The minimum Gasteiger partial charge on any atom is -0.262 e. The van der Waals surface area contributed by atoms with Crippen LogP contribution in [0.5, 0.6) is 0 Å². The lowest BCUT2D eigenvalue weighted by molar-refractivity contribution is -0.414. The summed E-state index contributed by atoms with van der Waals surface area (Å²) < 4.78 is 0. The Kier molecular flexibility index (Phi) is 3.65. The van der Waals surface area contributed by atoms with Crippen LogP contribution in [0.1, 0.15) is 42.4 Å². The van der Waals surface area contributed by atoms with E-state index in [-0.39, 0.29) is 0 Å². The predicted molar refractivity (Wildman–Crippen MR) is 77.6 cm³/mol. The molecule has 0 saturated carbocycles. The molecule has 1 fully saturated rings. The lowest BCUT2D eigenvalue weighted by Crippen LogP contribution is -2.31. The highest BCUT2D eigenvalue weighted by Crippen LogP contribution is 2.33. The number of nitrogens with zero attached hydrogens (tertiary/aromatic N) is 2. The Bertz CT molecular complexity index is 527. The molecular weight excluding hydrogens is 254 g/mol. The number of nitriles is 1. The van der Waals surface area contributed by atoms with Crippen LogP contribution in [-0.4, -0.2) is 19.3 Å². The fourth-order valence-electron chi connectivity index (χ4n) is 3.31. The van der Waals surface area contributed by atoms with Gasteiger partial charge in [0.15, 0.2) is 5.03 Å². The average Bonchev–Trinajstić information content (AvgIpc) is 2.99. The van der Waals surface area contributed by atoms with Crippen molar-refractivity contribution in [1.29, 1.82) is 5.26 Å². The third kappa shape index (κ3) is 2.21. The Morgan fingerprint density at radius 3 is 2.42 bits per heavy atom. The molecule has 1 saturated heterocycles. The lowest BCUT2D eigenvalue weighted by atomic mass is 9.89. The molecule has 0 unspecified atom stereocenters. The molecule has 0 radical (unpaired) electrons. The highest BCUT2D eigenvalue weighted by Gasteiger charge is 2.30. The summed E-state index contributed by atoms with van der Waals surface area (Å²) >= 11 is 1.66. The molecule has 4 heteroatoms. The number of nitrogens with one attached hydrogen (secondary N) is 1. The Balaban J connectivity index is 2.16. The van der Waals surface area contributed by atoms with Gasteiger partial charge in [0.1, 0.15) is 11.6 Å². The number of rotatable bonds is 2. The van der Waals surface area contributed by atoms with Crippen molar-refractivity contribution in [2.45, 2.75) is 43.6 Å². The van der Waals surface area contributed by atoms with Gasteiger partial charge in [-0.1, -0.05) is 11.8 Å². The highest BCUT2D eigenvalue weighted by molar-refractivity contribution is 7.98. The second kappa shape index (κ2) is 5.42. The summed E-state index contributed by atoms with van der Waals surface area (Å²) in [5, 5.41) is 10.5. The molecule has 0 spiro atoms. The maximum absolute atomic E-state index is 9.46. The van der Waals surface area contributed by atoms with Gasteiger partial charge in [0, 0.05) is 5.56 Å². The first kappa shape index (κ1) is 12.8. The molecule has 2 aliphatic rings. The van der Waals surface area contributed by atoms with Crippen molar-refractivity contribution in [3.8, 4) is 6.07 Å². The molecular formula is C15H20N3S+. The van der Waals surface area contributed by atoms with Gasteiger partial charge in [-0.15, -0.1) is 0 Å². The van der Waals surface area contributed by atoms with Gasteiger partial charge in [-0.3, -0.25) is 4.90 Å². The normalized spacial score (nSPS) is 18.2. The summed E-state index contributed by atoms with van der Waals surface area (Å²) in [4.78, 5) is 6.03. The molecule has 0 aromatic carbocycles. The first-order valence-corrected chi connectivity index (χ1v) is 8.37. The average molecular weight is 274 g/mol. The Morgan fingerprint density at radius 2 is 1.79 bits per heavy atom. The number of hydrogen-bond acceptors (Lipinski definition) is 3. The number of pyridine rings is 1. The topological polar surface area (TPSA) is 41.2 Å². The van der Waals surface area contributed by atoms with Crippen molar-refractivity contribution >= 4 is 17.6 Å². The molecule has 1 aliphatic carbocycles. The van der Waals surface area contributed by atoms with E-state index in [1.807, 2.05) is 0 Å². The van der Waals surface area contributed by atoms with E-state index >= 15 is 0 Å². The summed E-state index contributed by atoms with van der Waals surface area (Å²) in [6.07, 6.45) is 9.30. The van der Waals surface area contributed by atoms with Crippen LogP contribution in [0.2, 0.25) is 0 Å². The summed E-state index contributed by atoms with van der Waals surface area (Å²) in [6.45, 7) is 2.31. The number of H-pyrrole nitrogens is 1. The van der Waals surface area contributed by atoms with Crippen LogP contribution >= 0.6 is 11.8 Å². The molecule has 3 rings (SSSR count). The smallest absolute Gasteiger partial charge is 0.262 e. The van der Waals surface area contributed by atoms with Crippen molar-refractivity contribution in [1.82, 2.24) is 0 Å². The van der Waals surface area contributed by atoms with E-state index in [0.717, 1.165) is 36.5 Å². The maximum Gasteiger partial charge on any atom is 0.278 e. The van der Waals surface area contributed by atoms with Gasteiger partial charge < -0.3 is 0 Å². The third-order valence-corrected chi connectivity index (χ3v) is 4.97. The first-order valence-electron chi connectivity index (χ1n) is 7.15. The minimum atomic E-state index is 0.894. The zero-order chi connectivity index (χ0) is 13.2. The van der Waals surface area contributed by atoms with Crippen molar-refractivity contribution in [2.24, 2.45) is 0 Å². The Labute approximate surface area is 119 Å².